The summed E-state index contributed by atoms with van der Waals surface area (Å²) in [7, 11) is 0. The number of pyridine rings is 1. The first-order chi connectivity index (χ1) is 9.16. The third-order valence-electron chi connectivity index (χ3n) is 2.46. The molecule has 1 aromatic heterocycles. The van der Waals surface area contributed by atoms with Crippen LogP contribution in [0.25, 0.3) is 0 Å². The molecule has 0 radical (unpaired) electrons. The maximum atomic E-state index is 11.7. The SMILES string of the molecule is Cc1cccc(C(=O)O/N=C(/N)c2ccncc2)c1. The molecule has 2 N–H and O–H groups in total. The molecule has 0 spiro atoms. The van der Waals surface area contributed by atoms with Crippen LogP contribution in [0.4, 0.5) is 0 Å². The molecule has 0 bridgehead atoms. The molecule has 0 aliphatic heterocycles. The predicted octanol–water partition coefficient (Wildman–Crippen LogP) is 1.87. The molecule has 0 atom stereocenters. The summed E-state index contributed by atoms with van der Waals surface area (Å²) in [6.45, 7) is 1.89. The summed E-state index contributed by atoms with van der Waals surface area (Å²) in [6.07, 6.45) is 3.17. The van der Waals surface area contributed by atoms with Gasteiger partial charge in [-0.3, -0.25) is 4.98 Å². The Kier molecular flexibility index (Phi) is 3.87. The Morgan fingerprint density at radius 1 is 1.21 bits per heavy atom. The Bertz CT molecular complexity index is 609. The molecule has 2 aromatic rings. The number of rotatable bonds is 3. The van der Waals surface area contributed by atoms with Crippen molar-refractivity contribution >= 4 is 11.8 Å². The lowest BCUT2D eigenvalue weighted by atomic mass is 10.1. The lowest BCUT2D eigenvalue weighted by Gasteiger charge is -2.01. The molecule has 5 heteroatoms. The first kappa shape index (κ1) is 12.8. The van der Waals surface area contributed by atoms with Gasteiger partial charge >= 0.3 is 5.97 Å². The number of benzene rings is 1. The Balaban J connectivity index is 2.08. The third-order valence-corrected chi connectivity index (χ3v) is 2.46. The topological polar surface area (TPSA) is 77.6 Å². The highest BCUT2D eigenvalue weighted by Crippen LogP contribution is 2.06. The van der Waals surface area contributed by atoms with E-state index < -0.39 is 5.97 Å². The molecule has 5 nitrogen and oxygen atoms in total. The lowest BCUT2D eigenvalue weighted by Crippen LogP contribution is -2.15. The number of aryl methyl sites for hydroxylation is 1. The van der Waals surface area contributed by atoms with E-state index in [-0.39, 0.29) is 5.84 Å². The number of carbonyl (C=O) groups is 1. The van der Waals surface area contributed by atoms with Gasteiger partial charge in [0.05, 0.1) is 5.56 Å². The van der Waals surface area contributed by atoms with E-state index in [0.29, 0.717) is 11.1 Å². The molecule has 2 rings (SSSR count). The van der Waals surface area contributed by atoms with Crippen LogP contribution in [0.1, 0.15) is 21.5 Å². The zero-order valence-corrected chi connectivity index (χ0v) is 10.4. The van der Waals surface area contributed by atoms with Crippen LogP contribution in [0.5, 0.6) is 0 Å². The number of hydrogen-bond acceptors (Lipinski definition) is 4. The van der Waals surface area contributed by atoms with Crippen molar-refractivity contribution in [2.24, 2.45) is 10.9 Å². The maximum absolute atomic E-state index is 11.7. The number of aromatic nitrogens is 1. The van der Waals surface area contributed by atoms with Gasteiger partial charge in [-0.05, 0) is 31.2 Å². The zero-order chi connectivity index (χ0) is 13.7. The van der Waals surface area contributed by atoms with Gasteiger partial charge in [-0.1, -0.05) is 22.9 Å². The summed E-state index contributed by atoms with van der Waals surface area (Å²) in [5.74, 6) is -0.413. The largest absolute Gasteiger partial charge is 0.380 e. The molecule has 0 unspecified atom stereocenters. The number of oxime groups is 1. The minimum Gasteiger partial charge on any atom is -0.380 e. The third kappa shape index (κ3) is 3.38. The number of amidine groups is 1. The first-order valence-electron chi connectivity index (χ1n) is 5.68. The van der Waals surface area contributed by atoms with Crippen molar-refractivity contribution in [3.8, 4) is 0 Å². The van der Waals surface area contributed by atoms with E-state index in [4.69, 9.17) is 10.6 Å². The van der Waals surface area contributed by atoms with Crippen LogP contribution in [0, 0.1) is 6.92 Å². The van der Waals surface area contributed by atoms with Crippen LogP contribution in [0.2, 0.25) is 0 Å². The second-order valence-corrected chi connectivity index (χ2v) is 3.96. The van der Waals surface area contributed by atoms with Gasteiger partial charge in [-0.25, -0.2) is 4.79 Å². The normalized spacial score (nSPS) is 11.1. The van der Waals surface area contributed by atoms with Crippen LogP contribution in [0.15, 0.2) is 53.9 Å². The molecule has 1 aromatic carbocycles. The van der Waals surface area contributed by atoms with E-state index >= 15 is 0 Å². The minimum atomic E-state index is -0.541. The van der Waals surface area contributed by atoms with Gasteiger partial charge in [0.2, 0.25) is 0 Å². The van der Waals surface area contributed by atoms with Gasteiger partial charge in [-0.15, -0.1) is 0 Å². The van der Waals surface area contributed by atoms with E-state index in [1.165, 1.54) is 0 Å². The maximum Gasteiger partial charge on any atom is 0.365 e. The van der Waals surface area contributed by atoms with Gasteiger partial charge in [0.1, 0.15) is 0 Å². The van der Waals surface area contributed by atoms with Crippen LogP contribution < -0.4 is 5.73 Å². The molecule has 96 valence electrons. The van der Waals surface area contributed by atoms with Gasteiger partial charge in [0, 0.05) is 18.0 Å². The highest BCUT2D eigenvalue weighted by molar-refractivity contribution is 5.98. The summed E-state index contributed by atoms with van der Waals surface area (Å²) in [5.41, 5.74) is 7.75. The fourth-order valence-corrected chi connectivity index (χ4v) is 1.49. The van der Waals surface area contributed by atoms with Crippen molar-refractivity contribution in [3.63, 3.8) is 0 Å². The average molecular weight is 255 g/mol. The van der Waals surface area contributed by atoms with Crippen molar-refractivity contribution < 1.29 is 9.63 Å². The van der Waals surface area contributed by atoms with E-state index in [1.54, 1.807) is 42.7 Å². The van der Waals surface area contributed by atoms with Crippen molar-refractivity contribution in [2.45, 2.75) is 6.92 Å². The number of carbonyl (C=O) groups excluding carboxylic acids is 1. The van der Waals surface area contributed by atoms with Crippen LogP contribution in [-0.4, -0.2) is 16.8 Å². The summed E-state index contributed by atoms with van der Waals surface area (Å²) in [4.78, 5) is 20.4. The fourth-order valence-electron chi connectivity index (χ4n) is 1.49. The molecule has 1 heterocycles. The number of nitrogens with zero attached hydrogens (tertiary/aromatic N) is 2. The molecule has 19 heavy (non-hydrogen) atoms. The van der Waals surface area contributed by atoms with Crippen LogP contribution >= 0.6 is 0 Å². The minimum absolute atomic E-state index is 0.128. The van der Waals surface area contributed by atoms with Crippen molar-refractivity contribution in [2.75, 3.05) is 0 Å². The molecule has 0 saturated heterocycles. The smallest absolute Gasteiger partial charge is 0.365 e. The quantitative estimate of drug-likeness (QED) is 0.393. The molecule has 0 fully saturated rings. The highest BCUT2D eigenvalue weighted by atomic mass is 16.7. The number of nitrogens with two attached hydrogens (primary N) is 1. The Labute approximate surface area is 110 Å². The highest BCUT2D eigenvalue weighted by Gasteiger charge is 2.07. The molecule has 0 aliphatic carbocycles. The van der Waals surface area contributed by atoms with Crippen LogP contribution in [-0.2, 0) is 4.84 Å². The molecule has 0 saturated carbocycles. The van der Waals surface area contributed by atoms with Gasteiger partial charge in [0.15, 0.2) is 5.84 Å². The van der Waals surface area contributed by atoms with Crippen molar-refractivity contribution in [1.82, 2.24) is 4.98 Å². The Morgan fingerprint density at radius 2 is 1.95 bits per heavy atom. The van der Waals surface area contributed by atoms with Crippen molar-refractivity contribution in [1.29, 1.82) is 0 Å². The monoisotopic (exact) mass is 255 g/mol. The lowest BCUT2D eigenvalue weighted by molar-refractivity contribution is 0.0516. The van der Waals surface area contributed by atoms with E-state index in [9.17, 15) is 4.79 Å². The first-order valence-corrected chi connectivity index (χ1v) is 5.68. The summed E-state index contributed by atoms with van der Waals surface area (Å²) in [5, 5.41) is 3.62. The van der Waals surface area contributed by atoms with Gasteiger partial charge in [0.25, 0.3) is 0 Å². The Morgan fingerprint density at radius 3 is 2.63 bits per heavy atom. The molecule has 0 aliphatic rings. The Hall–Kier alpha value is -2.69. The molecule has 0 amide bonds. The van der Waals surface area contributed by atoms with Gasteiger partial charge in [-0.2, -0.15) is 0 Å². The predicted molar refractivity (Wildman–Crippen MR) is 71.6 cm³/mol. The van der Waals surface area contributed by atoms with E-state index in [2.05, 4.69) is 10.1 Å². The zero-order valence-electron chi connectivity index (χ0n) is 10.4. The standard InChI is InChI=1S/C14H13N3O2/c1-10-3-2-4-12(9-10)14(18)19-17-13(15)11-5-7-16-8-6-11/h2-9H,1H3,(H2,15,17). The van der Waals surface area contributed by atoms with E-state index in [0.717, 1.165) is 5.56 Å². The molecular weight excluding hydrogens is 242 g/mol. The summed E-state index contributed by atoms with van der Waals surface area (Å²) >= 11 is 0. The molecular formula is C14H13N3O2. The number of hydrogen-bond donors (Lipinski definition) is 1. The second kappa shape index (κ2) is 5.77. The summed E-state index contributed by atoms with van der Waals surface area (Å²) < 4.78 is 0. The van der Waals surface area contributed by atoms with Crippen LogP contribution in [0.3, 0.4) is 0 Å². The van der Waals surface area contributed by atoms with E-state index in [1.807, 2.05) is 13.0 Å². The fraction of sp³-hybridized carbons (Fsp3) is 0.0714. The second-order valence-electron chi connectivity index (χ2n) is 3.96. The van der Waals surface area contributed by atoms with Crippen molar-refractivity contribution in [3.05, 3.63) is 65.5 Å². The average Bonchev–Trinajstić information content (AvgIpc) is 2.45. The van der Waals surface area contributed by atoms with Gasteiger partial charge < -0.3 is 10.6 Å². The summed E-state index contributed by atoms with van der Waals surface area (Å²) in [6, 6.07) is 10.4.